The number of rotatable bonds is 2. The van der Waals surface area contributed by atoms with Gasteiger partial charge in [0.05, 0.1) is 0 Å². The van der Waals surface area contributed by atoms with Crippen molar-refractivity contribution in [2.75, 3.05) is 0 Å². The van der Waals surface area contributed by atoms with Crippen LogP contribution >= 0.6 is 28.1 Å². The van der Waals surface area contributed by atoms with Crippen LogP contribution in [0.1, 0.15) is 11.3 Å². The van der Waals surface area contributed by atoms with Crippen LogP contribution in [0.15, 0.2) is 44.9 Å². The first-order valence-electron chi connectivity index (χ1n) is 6.23. The van der Waals surface area contributed by atoms with Crippen LogP contribution in [0.25, 0.3) is 17.4 Å². The highest BCUT2D eigenvalue weighted by atomic mass is 79.9. The first-order valence-corrected chi connectivity index (χ1v) is 7.43. The number of halogens is 1. The number of hydrogen-bond donors (Lipinski definition) is 2. The molecule has 0 unspecified atom stereocenters. The Labute approximate surface area is 135 Å². The summed E-state index contributed by atoms with van der Waals surface area (Å²) in [6, 6.07) is 9.72. The Bertz CT molecular complexity index is 780. The topological polar surface area (TPSA) is 54.3 Å². The van der Waals surface area contributed by atoms with E-state index in [2.05, 4.69) is 26.6 Å². The van der Waals surface area contributed by atoms with E-state index in [-0.39, 0.29) is 5.91 Å². The molecule has 6 heteroatoms. The minimum atomic E-state index is -0.255. The Morgan fingerprint density at radius 1 is 1.24 bits per heavy atom. The van der Waals surface area contributed by atoms with Crippen LogP contribution in [0, 0.1) is 6.92 Å². The van der Waals surface area contributed by atoms with Crippen molar-refractivity contribution < 1.29 is 9.21 Å². The van der Waals surface area contributed by atoms with Crippen molar-refractivity contribution in [3.05, 3.63) is 51.8 Å². The van der Waals surface area contributed by atoms with E-state index in [1.54, 1.807) is 6.08 Å². The third kappa shape index (κ3) is 2.91. The van der Waals surface area contributed by atoms with Crippen molar-refractivity contribution in [2.24, 2.45) is 0 Å². The van der Waals surface area contributed by atoms with Crippen molar-refractivity contribution in [3.63, 3.8) is 0 Å². The molecule has 1 aliphatic rings. The predicted molar refractivity (Wildman–Crippen MR) is 88.4 cm³/mol. The van der Waals surface area contributed by atoms with E-state index in [4.69, 9.17) is 16.6 Å². The molecule has 4 nitrogen and oxygen atoms in total. The van der Waals surface area contributed by atoms with Gasteiger partial charge in [0.2, 0.25) is 0 Å². The Kier molecular flexibility index (Phi) is 3.65. The average molecular weight is 363 g/mol. The average Bonchev–Trinajstić information content (AvgIpc) is 2.97. The third-order valence-electron chi connectivity index (χ3n) is 3.02. The summed E-state index contributed by atoms with van der Waals surface area (Å²) < 4.78 is 6.73. The molecule has 0 aliphatic carbocycles. The predicted octanol–water partition coefficient (Wildman–Crippen LogP) is 3.36. The summed E-state index contributed by atoms with van der Waals surface area (Å²) >= 11 is 8.41. The molecule has 0 atom stereocenters. The zero-order chi connectivity index (χ0) is 15.0. The molecular formula is C15H11BrN2O2S. The molecule has 1 aromatic heterocycles. The highest BCUT2D eigenvalue weighted by Gasteiger charge is 2.20. The zero-order valence-corrected chi connectivity index (χ0v) is 13.5. The van der Waals surface area contributed by atoms with E-state index in [1.807, 2.05) is 37.3 Å². The number of amides is 1. The quantitative estimate of drug-likeness (QED) is 0.635. The van der Waals surface area contributed by atoms with Crippen molar-refractivity contribution in [2.45, 2.75) is 6.92 Å². The molecule has 2 aromatic rings. The molecule has 2 N–H and O–H groups in total. The van der Waals surface area contributed by atoms with Crippen LogP contribution in [0.5, 0.6) is 0 Å². The molecule has 1 saturated heterocycles. The first kappa shape index (κ1) is 14.0. The maximum Gasteiger partial charge on any atom is 0.274 e. The first-order chi connectivity index (χ1) is 10.0. The Balaban J connectivity index is 1.92. The summed E-state index contributed by atoms with van der Waals surface area (Å²) in [6.07, 6.45) is 1.63. The largest absolute Gasteiger partial charge is 0.457 e. The van der Waals surface area contributed by atoms with Crippen LogP contribution in [0.2, 0.25) is 0 Å². The van der Waals surface area contributed by atoms with Crippen LogP contribution in [0.4, 0.5) is 0 Å². The number of furan rings is 1. The molecule has 1 fully saturated rings. The van der Waals surface area contributed by atoms with E-state index in [9.17, 15) is 4.79 Å². The van der Waals surface area contributed by atoms with E-state index in [0.29, 0.717) is 16.6 Å². The third-order valence-corrected chi connectivity index (χ3v) is 3.88. The van der Waals surface area contributed by atoms with Gasteiger partial charge in [0, 0.05) is 16.1 Å². The smallest absolute Gasteiger partial charge is 0.274 e. The Morgan fingerprint density at radius 2 is 2.05 bits per heavy atom. The number of nitrogens with one attached hydrogen (secondary N) is 2. The molecule has 21 heavy (non-hydrogen) atoms. The van der Waals surface area contributed by atoms with Crippen molar-refractivity contribution in [1.29, 1.82) is 0 Å². The van der Waals surface area contributed by atoms with Gasteiger partial charge in [-0.1, -0.05) is 22.0 Å². The van der Waals surface area contributed by atoms with Gasteiger partial charge in [-0.2, -0.15) is 0 Å². The van der Waals surface area contributed by atoms with E-state index in [1.165, 1.54) is 5.56 Å². The minimum Gasteiger partial charge on any atom is -0.457 e. The second-order valence-corrected chi connectivity index (χ2v) is 5.91. The lowest BCUT2D eigenvalue weighted by molar-refractivity contribution is -0.115. The number of carbonyl (C=O) groups is 1. The fourth-order valence-electron chi connectivity index (χ4n) is 2.02. The van der Waals surface area contributed by atoms with Crippen molar-refractivity contribution in [3.8, 4) is 11.3 Å². The van der Waals surface area contributed by atoms with Gasteiger partial charge in [-0.15, -0.1) is 0 Å². The molecule has 106 valence electrons. The van der Waals surface area contributed by atoms with Crippen molar-refractivity contribution in [1.82, 2.24) is 10.6 Å². The lowest BCUT2D eigenvalue weighted by Crippen LogP contribution is -2.21. The normalized spacial score (nSPS) is 16.2. The van der Waals surface area contributed by atoms with Gasteiger partial charge >= 0.3 is 0 Å². The molecule has 0 bridgehead atoms. The highest BCUT2D eigenvalue weighted by molar-refractivity contribution is 9.10. The number of carbonyl (C=O) groups excluding carboxylic acids is 1. The Morgan fingerprint density at radius 3 is 2.71 bits per heavy atom. The van der Waals surface area contributed by atoms with Crippen LogP contribution in [0.3, 0.4) is 0 Å². The summed E-state index contributed by atoms with van der Waals surface area (Å²) in [6.45, 7) is 2.03. The van der Waals surface area contributed by atoms with Crippen LogP contribution < -0.4 is 10.6 Å². The fraction of sp³-hybridized carbons (Fsp3) is 0.0667. The van der Waals surface area contributed by atoms with Gasteiger partial charge in [-0.25, -0.2) is 0 Å². The highest BCUT2D eigenvalue weighted by Crippen LogP contribution is 2.31. The zero-order valence-electron chi connectivity index (χ0n) is 11.1. The van der Waals surface area contributed by atoms with E-state index in [0.717, 1.165) is 15.8 Å². The van der Waals surface area contributed by atoms with E-state index < -0.39 is 0 Å². The van der Waals surface area contributed by atoms with Gasteiger partial charge in [0.15, 0.2) is 5.11 Å². The molecular weight excluding hydrogens is 352 g/mol. The standard InChI is InChI=1S/C15H11BrN2O2S/c1-8-2-4-10(11(16)6-8)13-5-3-9(20-13)7-12-14(19)18-15(21)17-12/h2-7H,1H3,(H2,17,18,19,21)/b12-7+. The van der Waals surface area contributed by atoms with E-state index >= 15 is 0 Å². The number of hydrogen-bond acceptors (Lipinski definition) is 3. The van der Waals surface area contributed by atoms with Gasteiger partial charge < -0.3 is 9.73 Å². The summed E-state index contributed by atoms with van der Waals surface area (Å²) in [5.41, 5.74) is 2.51. The summed E-state index contributed by atoms with van der Waals surface area (Å²) in [4.78, 5) is 11.6. The number of thiocarbonyl (C=S) groups is 1. The molecule has 2 heterocycles. The molecule has 0 saturated carbocycles. The van der Waals surface area contributed by atoms with Gasteiger partial charge in [0.1, 0.15) is 17.2 Å². The summed E-state index contributed by atoms with van der Waals surface area (Å²) in [5.74, 6) is 1.06. The van der Waals surface area contributed by atoms with Gasteiger partial charge in [0.25, 0.3) is 5.91 Å². The molecule has 3 rings (SSSR count). The molecule has 1 aliphatic heterocycles. The second kappa shape index (κ2) is 5.46. The molecule has 0 spiro atoms. The lowest BCUT2D eigenvalue weighted by atomic mass is 10.1. The second-order valence-electron chi connectivity index (χ2n) is 4.65. The minimum absolute atomic E-state index is 0.255. The number of aryl methyl sites for hydroxylation is 1. The molecule has 1 amide bonds. The number of benzene rings is 1. The molecule has 1 aromatic carbocycles. The van der Waals surface area contributed by atoms with Crippen LogP contribution in [-0.4, -0.2) is 11.0 Å². The van der Waals surface area contributed by atoms with Gasteiger partial charge in [-0.05, 0) is 49.0 Å². The lowest BCUT2D eigenvalue weighted by Gasteiger charge is -2.02. The maximum absolute atomic E-state index is 11.6. The molecule has 0 radical (unpaired) electrons. The monoisotopic (exact) mass is 362 g/mol. The SMILES string of the molecule is Cc1ccc(-c2ccc(/C=C3/NC(=S)NC3=O)o2)c(Br)c1. The fourth-order valence-corrected chi connectivity index (χ4v) is 2.91. The summed E-state index contributed by atoms with van der Waals surface area (Å²) in [5, 5.41) is 5.59. The Hall–Kier alpha value is -1.92. The van der Waals surface area contributed by atoms with Gasteiger partial charge in [-0.3, -0.25) is 10.1 Å². The maximum atomic E-state index is 11.6. The van der Waals surface area contributed by atoms with Crippen molar-refractivity contribution >= 4 is 45.2 Å². The summed E-state index contributed by atoms with van der Waals surface area (Å²) in [7, 11) is 0. The van der Waals surface area contributed by atoms with Crippen LogP contribution in [-0.2, 0) is 4.79 Å².